The normalized spacial score (nSPS) is 15.1. The van der Waals surface area contributed by atoms with Gasteiger partial charge in [0.25, 0.3) is 0 Å². The van der Waals surface area contributed by atoms with E-state index < -0.39 is 41.0 Å². The van der Waals surface area contributed by atoms with Crippen molar-refractivity contribution in [3.8, 4) is 34.1 Å². The highest BCUT2D eigenvalue weighted by molar-refractivity contribution is 9.10. The Labute approximate surface area is 337 Å². The van der Waals surface area contributed by atoms with Gasteiger partial charge in [0.2, 0.25) is 5.60 Å². The lowest BCUT2D eigenvalue weighted by atomic mass is 9.87. The zero-order chi connectivity index (χ0) is 42.4. The van der Waals surface area contributed by atoms with Gasteiger partial charge in [0.1, 0.15) is 33.0 Å². The number of rotatable bonds is 9. The highest BCUT2D eigenvalue weighted by Crippen LogP contribution is 2.45. The first-order chi connectivity index (χ1) is 26.7. The van der Waals surface area contributed by atoms with Crippen LogP contribution in [0.1, 0.15) is 82.5 Å². The van der Waals surface area contributed by atoms with Gasteiger partial charge >= 0.3 is 23.9 Å². The number of aliphatic hydroxyl groups is 1. The average Bonchev–Trinajstić information content (AvgIpc) is 3.15. The van der Waals surface area contributed by atoms with Crippen LogP contribution in [0, 0.1) is 55.4 Å². The summed E-state index contributed by atoms with van der Waals surface area (Å²) >= 11 is 3.22. The lowest BCUT2D eigenvalue weighted by molar-refractivity contribution is -0.151. The molecule has 1 unspecified atom stereocenters. The SMILES string of the molecule is COC1=CC(=O)C=C(C)C1(O)C(=O)Oc1c(C)c(C)c(C(=O)Oc2cc(C)c(C(=O)Oc3c(C)c(C)c(C(=O)O)c(C)c3-c3ccccc3)c(C)c2C)c(O)c1Br. The lowest BCUT2D eigenvalue weighted by Gasteiger charge is -2.30. The van der Waals surface area contributed by atoms with Gasteiger partial charge in [0.15, 0.2) is 11.5 Å². The summed E-state index contributed by atoms with van der Waals surface area (Å²) in [4.78, 5) is 65.5. The van der Waals surface area contributed by atoms with Gasteiger partial charge in [-0.25, -0.2) is 19.2 Å². The smallest absolute Gasteiger partial charge is 0.356 e. The van der Waals surface area contributed by atoms with Crippen LogP contribution in [0.15, 0.2) is 64.4 Å². The van der Waals surface area contributed by atoms with E-state index in [4.69, 9.17) is 18.9 Å². The molecule has 3 N–H and O–H groups in total. The zero-order valence-corrected chi connectivity index (χ0v) is 34.6. The van der Waals surface area contributed by atoms with E-state index in [0.29, 0.717) is 44.5 Å². The number of methoxy groups -OCH3 is 1. The highest BCUT2D eigenvalue weighted by atomic mass is 79.9. The van der Waals surface area contributed by atoms with E-state index in [1.54, 1.807) is 53.7 Å². The van der Waals surface area contributed by atoms with Crippen molar-refractivity contribution in [1.82, 2.24) is 0 Å². The summed E-state index contributed by atoms with van der Waals surface area (Å²) < 4.78 is 22.5. The number of ether oxygens (including phenoxy) is 4. The maximum absolute atomic E-state index is 14.0. The first-order valence-corrected chi connectivity index (χ1v) is 18.4. The Bertz CT molecular complexity index is 2460. The van der Waals surface area contributed by atoms with Crippen molar-refractivity contribution in [2.45, 2.75) is 67.9 Å². The molecule has 296 valence electrons. The molecular weight excluding hydrogens is 800 g/mol. The monoisotopic (exact) mass is 840 g/mol. The van der Waals surface area contributed by atoms with Crippen molar-refractivity contribution in [3.05, 3.63) is 126 Å². The Morgan fingerprint density at radius 3 is 1.84 bits per heavy atom. The van der Waals surface area contributed by atoms with E-state index in [1.165, 1.54) is 33.9 Å². The Morgan fingerprint density at radius 1 is 0.684 bits per heavy atom. The lowest BCUT2D eigenvalue weighted by Crippen LogP contribution is -2.47. The molecule has 4 aromatic carbocycles. The maximum atomic E-state index is 14.0. The predicted molar refractivity (Wildman–Crippen MR) is 213 cm³/mol. The van der Waals surface area contributed by atoms with Crippen LogP contribution in [0.3, 0.4) is 0 Å². The first kappa shape index (κ1) is 42.1. The first-order valence-electron chi connectivity index (χ1n) is 17.6. The number of phenols is 1. The quantitative estimate of drug-likeness (QED) is 0.109. The van der Waals surface area contributed by atoms with Gasteiger partial charge in [-0.2, -0.15) is 0 Å². The molecule has 0 aromatic heterocycles. The van der Waals surface area contributed by atoms with E-state index in [-0.39, 0.29) is 60.9 Å². The number of phenolic OH excluding ortho intramolecular Hbond substituents is 1. The molecule has 0 saturated carbocycles. The van der Waals surface area contributed by atoms with Crippen molar-refractivity contribution < 1.29 is 58.2 Å². The summed E-state index contributed by atoms with van der Waals surface area (Å²) in [6, 6.07) is 10.6. The number of allylic oxidation sites excluding steroid dienone is 2. The van der Waals surface area contributed by atoms with Gasteiger partial charge in [0, 0.05) is 11.6 Å². The van der Waals surface area contributed by atoms with Crippen molar-refractivity contribution >= 4 is 45.6 Å². The summed E-state index contributed by atoms with van der Waals surface area (Å²) in [5.74, 6) is -5.29. The van der Waals surface area contributed by atoms with E-state index in [1.807, 2.05) is 18.2 Å². The third-order valence-electron chi connectivity index (χ3n) is 10.6. The molecule has 4 aromatic rings. The van der Waals surface area contributed by atoms with Crippen LogP contribution >= 0.6 is 15.9 Å². The van der Waals surface area contributed by atoms with Gasteiger partial charge in [-0.05, 0) is 146 Å². The van der Waals surface area contributed by atoms with Gasteiger partial charge < -0.3 is 34.3 Å². The molecular formula is C44H41BrO12. The number of carboxylic acids is 1. The molecule has 5 rings (SSSR count). The van der Waals surface area contributed by atoms with Gasteiger partial charge in [-0.15, -0.1) is 0 Å². The number of carboxylic acid groups (broad SMARTS) is 1. The molecule has 0 radical (unpaired) electrons. The van der Waals surface area contributed by atoms with Crippen molar-refractivity contribution in [1.29, 1.82) is 0 Å². The molecule has 57 heavy (non-hydrogen) atoms. The number of aryl methyl sites for hydroxylation is 1. The second-order valence-corrected chi connectivity index (χ2v) is 14.7. The van der Waals surface area contributed by atoms with Crippen LogP contribution in [0.2, 0.25) is 0 Å². The van der Waals surface area contributed by atoms with Gasteiger partial charge in [-0.3, -0.25) is 4.79 Å². The van der Waals surface area contributed by atoms with Crippen LogP contribution in [0.5, 0.6) is 23.0 Å². The predicted octanol–water partition coefficient (Wildman–Crippen LogP) is 8.12. The molecule has 0 aliphatic heterocycles. The molecule has 0 saturated heterocycles. The fourth-order valence-corrected chi connectivity index (χ4v) is 7.57. The third-order valence-corrected chi connectivity index (χ3v) is 11.3. The molecule has 0 heterocycles. The topological polar surface area (TPSA) is 183 Å². The van der Waals surface area contributed by atoms with Crippen molar-refractivity contribution in [2.75, 3.05) is 7.11 Å². The number of benzene rings is 4. The summed E-state index contributed by atoms with van der Waals surface area (Å²) in [6.07, 6.45) is 2.03. The van der Waals surface area contributed by atoms with Crippen LogP contribution < -0.4 is 14.2 Å². The molecule has 1 aliphatic rings. The number of aromatic hydroxyl groups is 1. The highest BCUT2D eigenvalue weighted by Gasteiger charge is 2.48. The molecule has 0 spiro atoms. The van der Waals surface area contributed by atoms with Gasteiger partial charge in [0.05, 0.1) is 18.2 Å². The van der Waals surface area contributed by atoms with Crippen LogP contribution in [-0.4, -0.2) is 57.7 Å². The Kier molecular flexibility index (Phi) is 11.7. The summed E-state index contributed by atoms with van der Waals surface area (Å²) in [5.41, 5.74) is 1.90. The number of aromatic carboxylic acids is 1. The Morgan fingerprint density at radius 2 is 1.25 bits per heavy atom. The van der Waals surface area contributed by atoms with E-state index >= 15 is 0 Å². The summed E-state index contributed by atoms with van der Waals surface area (Å²) in [6.45, 7) is 14.4. The standard InChI is InChI=1S/C44H41BrO12/c1-19-16-30(21(3)22(4)32(19)41(50)56-38-25(7)23(5)33(40(48)49)27(9)34(38)28-14-12-11-13-15-28)55-42(51)35-24(6)26(8)39(36(45)37(35)47)57-43(52)44(53)20(2)17-29(46)18-31(44)54-10/h11-18,47,53H,1-10H3,(H,48,49). The summed E-state index contributed by atoms with van der Waals surface area (Å²) in [7, 11) is 1.19. The minimum absolute atomic E-state index is 0.0429. The second kappa shape index (κ2) is 15.8. The van der Waals surface area contributed by atoms with Crippen LogP contribution in [-0.2, 0) is 14.3 Å². The fourth-order valence-electron chi connectivity index (χ4n) is 6.99. The molecule has 13 heteroatoms. The third kappa shape index (κ3) is 7.24. The summed E-state index contributed by atoms with van der Waals surface area (Å²) in [5, 5.41) is 32.6. The number of ketones is 1. The number of hydrogen-bond acceptors (Lipinski definition) is 11. The van der Waals surface area contributed by atoms with Gasteiger partial charge in [-0.1, -0.05) is 30.3 Å². The van der Waals surface area contributed by atoms with E-state index in [2.05, 4.69) is 15.9 Å². The largest absolute Gasteiger partial charge is 0.506 e. The number of carbonyl (C=O) groups is 5. The van der Waals surface area contributed by atoms with Crippen molar-refractivity contribution in [2.24, 2.45) is 0 Å². The molecule has 12 nitrogen and oxygen atoms in total. The number of esters is 3. The molecule has 1 aliphatic carbocycles. The van der Waals surface area contributed by atoms with E-state index in [9.17, 15) is 39.3 Å². The fraction of sp³-hybridized carbons (Fsp3) is 0.250. The number of carbonyl (C=O) groups excluding carboxylic acids is 4. The van der Waals surface area contributed by atoms with Crippen molar-refractivity contribution in [3.63, 3.8) is 0 Å². The molecule has 0 fully saturated rings. The molecule has 0 bridgehead atoms. The Balaban J connectivity index is 1.48. The number of halogens is 1. The zero-order valence-electron chi connectivity index (χ0n) is 33.0. The van der Waals surface area contributed by atoms with Crippen LogP contribution in [0.4, 0.5) is 0 Å². The van der Waals surface area contributed by atoms with E-state index in [0.717, 1.165) is 12.2 Å². The van der Waals surface area contributed by atoms with Crippen LogP contribution in [0.25, 0.3) is 11.1 Å². The maximum Gasteiger partial charge on any atom is 0.356 e. The molecule has 1 atom stereocenters. The Hall–Kier alpha value is -6.05. The minimum atomic E-state index is -2.44. The molecule has 0 amide bonds. The minimum Gasteiger partial charge on any atom is -0.506 e. The average molecular weight is 842 g/mol. The number of hydrogen-bond donors (Lipinski definition) is 3. The second-order valence-electron chi connectivity index (χ2n) is 13.9.